The van der Waals surface area contributed by atoms with Crippen LogP contribution in [0.25, 0.3) is 0 Å². The first kappa shape index (κ1) is 151. The van der Waals surface area contributed by atoms with Gasteiger partial charge in [-0.25, -0.2) is 0 Å². The molecule has 6 atom stereocenters. The van der Waals surface area contributed by atoms with E-state index in [0.717, 1.165) is 168 Å². The van der Waals surface area contributed by atoms with E-state index in [2.05, 4.69) is 178 Å². The Morgan fingerprint density at radius 2 is 0.500 bits per heavy atom. The molecular formula is C116H240I2N20O6V2. The predicted octanol–water partition coefficient (Wildman–Crippen LogP) is 21.1. The van der Waals surface area contributed by atoms with Crippen LogP contribution < -0.4 is 77.4 Å². The Kier molecular flexibility index (Phi) is 131. The minimum atomic E-state index is -0.688. The van der Waals surface area contributed by atoms with Crippen LogP contribution in [-0.4, -0.2) is 270 Å². The summed E-state index contributed by atoms with van der Waals surface area (Å²) in [6.45, 7) is 26.7. The van der Waals surface area contributed by atoms with Crippen molar-refractivity contribution < 1.29 is 58.0 Å². The van der Waals surface area contributed by atoms with Gasteiger partial charge in [-0.3, -0.25) is 20.0 Å². The summed E-state index contributed by atoms with van der Waals surface area (Å²) in [6.07, 6.45) is 99.0. The molecule has 0 saturated heterocycles. The number of nitrogens with two attached hydrogens (primary N) is 7. The van der Waals surface area contributed by atoms with Gasteiger partial charge in [-0.2, -0.15) is 0 Å². The van der Waals surface area contributed by atoms with Crippen LogP contribution in [0, 0.1) is 5.41 Å². The van der Waals surface area contributed by atoms with Crippen molar-refractivity contribution in [2.24, 2.45) is 45.1 Å². The van der Waals surface area contributed by atoms with Crippen molar-refractivity contribution >= 4 is 63.7 Å². The van der Waals surface area contributed by atoms with Gasteiger partial charge in [0.25, 0.3) is 0 Å². The van der Waals surface area contributed by atoms with Crippen molar-refractivity contribution in [2.45, 2.75) is 501 Å². The van der Waals surface area contributed by atoms with Crippen molar-refractivity contribution in [2.75, 3.05) is 170 Å². The quantitative estimate of drug-likeness (QED) is 0.00884. The summed E-state index contributed by atoms with van der Waals surface area (Å²) in [5.41, 5.74) is 39.4. The van der Waals surface area contributed by atoms with Crippen LogP contribution >= 0.6 is 40.0 Å². The molecule has 864 valence electrons. The maximum absolute atomic E-state index is 13.5. The van der Waals surface area contributed by atoms with Crippen LogP contribution in [0.15, 0.2) is 53.6 Å². The van der Waals surface area contributed by atoms with Crippen LogP contribution in [0.1, 0.15) is 464 Å². The van der Waals surface area contributed by atoms with Crippen molar-refractivity contribution in [1.29, 1.82) is 5.41 Å². The average molecular weight is 2370 g/mol. The van der Waals surface area contributed by atoms with Gasteiger partial charge in [0.15, 0.2) is 11.9 Å². The summed E-state index contributed by atoms with van der Waals surface area (Å²) in [7, 11) is 0.628. The number of aliphatic hydroxyl groups is 4. The number of hydrogen-bond donors (Lipinski definition) is 19. The largest absolute Gasteiger partial charge is 0 e. The van der Waals surface area contributed by atoms with Crippen LogP contribution in [0.5, 0.6) is 0 Å². The average Bonchev–Trinajstić information content (AvgIpc) is 1.01. The van der Waals surface area contributed by atoms with Gasteiger partial charge in [0.05, 0.1) is 43.0 Å². The van der Waals surface area contributed by atoms with E-state index in [-0.39, 0.29) is 80.6 Å². The van der Waals surface area contributed by atoms with E-state index in [1.54, 1.807) is 0 Å². The number of allylic oxidation sites excluding steroid dienone is 8. The number of rotatable bonds is 114. The molecule has 0 bridgehead atoms. The fraction of sp³-hybridized carbons (Fsp3) is 0.897. The number of carbonyl (C=O) groups is 2. The van der Waals surface area contributed by atoms with Crippen LogP contribution in [0.3, 0.4) is 0 Å². The molecule has 0 fully saturated rings. The molecule has 0 aromatic carbocycles. The van der Waals surface area contributed by atoms with E-state index >= 15 is 0 Å². The maximum Gasteiger partial charge on any atom is 0 e. The number of amides is 2. The first-order valence-corrected chi connectivity index (χ1v) is 69.5. The van der Waals surface area contributed by atoms with E-state index in [4.69, 9.17) is 45.5 Å². The van der Waals surface area contributed by atoms with Crippen LogP contribution in [-0.2, 0) is 37.6 Å². The third kappa shape index (κ3) is 119. The van der Waals surface area contributed by atoms with Gasteiger partial charge in [0, 0.05) is 64.4 Å². The molecular weight excluding hydrogens is 2130 g/mol. The monoisotopic (exact) mass is 2370 g/mol. The Balaban J connectivity index is -0.00000142. The molecule has 0 spiro atoms. The number of unbranched alkanes of at least 4 members (excludes halogenated alkanes) is 50. The van der Waals surface area contributed by atoms with E-state index in [1.807, 2.05) is 0 Å². The zero-order valence-corrected chi connectivity index (χ0v) is 102. The second-order valence-corrected chi connectivity index (χ2v) is 53.3. The molecule has 0 heterocycles. The molecule has 30 heteroatoms. The number of halogens is 2. The first-order chi connectivity index (χ1) is 70.9. The number of aliphatic imine (C=N–C) groups is 1. The SMILES string of the molecule is CCCCCCCCC=CCCCCCCCCN(CCCCN(CCCCCCCCC=CCCCCCCCC)CC(O)CNC(=N)N)CC(O)CN=C(N)N.CCCCCCCCC=CCCCCCCCCN(CCCCN(CCCCCCCCC=CCCCCCCCC)CC(O)CNC(=O)C(CCCNCCCN)NCCCN)CC(O)CNC(=O)C(CCCNCCCN)NCCCN.[I][V][I].[V]. The number of aliphatic hydroxyl groups excluding tert-OH is 4. The standard InChI is InChI=1S/C68H142N12O4.C48H98N8O2.2HI.2V/c1-3-5-7-9-11-13-15-17-19-21-23-25-27-29-31-33-55-79(61-63(81)59-77-67(83)65(75-53-41-47-71)43-37-49-73-51-39-45-69)57-35-36-58-80(56-34-32-30-28-26-24-22-20-18-16-14-12-10-8-6-4-2)62-64(82)60-78-68(84)66(76-54-42-48-72)44-38-50-74-52-40-46-70;1-3-5-7-9-11-13-15-17-19-21-23-25-27-29-31-33-37-55(43-45(57)41-53-47(49)50)39-35-36-40-56(44-46(58)42-54-48(51)52)38-34-32-30-28-26-24-22-20-18-16-14-12-10-8-6-4-2;;;;/h17-20,63-66,73-76,81-82H,3-16,21-62,69-72H2,1-2H3,(H,77,83)(H,78,84);17-20,45-46,57-58H,3-16,21-44H2,1-2H3,(H4,49,50,53)(H4,51,52,54);2*1H;;/q;;;;;+2/p-2. The molecule has 26 nitrogen and oxygen atoms in total. The smallest absolute Gasteiger partial charge is 0 e. The molecule has 0 rings (SSSR count). The molecule has 0 aromatic rings. The number of nitrogens with zero attached hydrogens (tertiary/aromatic N) is 5. The summed E-state index contributed by atoms with van der Waals surface area (Å²) < 4.78 is 0. The topological polar surface area (TPSA) is 431 Å². The first-order valence-electron chi connectivity index (χ1n) is 60.5. The van der Waals surface area contributed by atoms with Crippen molar-refractivity contribution in [3.63, 3.8) is 0 Å². The Hall–Kier alpha value is -1.57. The molecule has 26 N–H and O–H groups in total. The molecule has 0 aliphatic rings. The molecule has 6 unspecified atom stereocenters. The third-order valence-electron chi connectivity index (χ3n) is 27.2. The summed E-state index contributed by atoms with van der Waals surface area (Å²) in [5.74, 6) is -0.236. The van der Waals surface area contributed by atoms with Crippen molar-refractivity contribution in [3.05, 3.63) is 48.6 Å². The maximum atomic E-state index is 13.5. The van der Waals surface area contributed by atoms with Gasteiger partial charge in [-0.15, -0.1) is 0 Å². The van der Waals surface area contributed by atoms with Gasteiger partial charge in [0.1, 0.15) is 0 Å². The van der Waals surface area contributed by atoms with Crippen molar-refractivity contribution in [1.82, 2.24) is 56.8 Å². The number of hydrogen-bond acceptors (Lipinski definition) is 20. The molecule has 0 aliphatic carbocycles. The summed E-state index contributed by atoms with van der Waals surface area (Å²) in [6, 6.07) is -0.673. The minimum absolute atomic E-state index is 0. The molecule has 146 heavy (non-hydrogen) atoms. The van der Waals surface area contributed by atoms with E-state index in [0.29, 0.717) is 87.8 Å². The fourth-order valence-electron chi connectivity index (χ4n) is 18.4. The van der Waals surface area contributed by atoms with Gasteiger partial charge in [-0.1, -0.05) is 307 Å². The van der Waals surface area contributed by atoms with Crippen molar-refractivity contribution in [3.8, 4) is 0 Å². The zero-order chi connectivity index (χ0) is 107. The van der Waals surface area contributed by atoms with Gasteiger partial charge < -0.3 is 117 Å². The summed E-state index contributed by atoms with van der Waals surface area (Å²) >= 11 is 4.74. The fourth-order valence-corrected chi connectivity index (χ4v) is 18.4. The predicted molar refractivity (Wildman–Crippen MR) is 643 cm³/mol. The van der Waals surface area contributed by atoms with E-state index in [9.17, 15) is 30.0 Å². The minimum Gasteiger partial charge on any atom is 0 e. The van der Waals surface area contributed by atoms with Crippen LogP contribution in [0.2, 0.25) is 0 Å². The molecule has 0 aromatic heterocycles. The molecule has 1 radical (unpaired) electrons. The second kappa shape index (κ2) is 127. The Bertz CT molecular complexity index is 2670. The van der Waals surface area contributed by atoms with E-state index in [1.165, 1.54) is 334 Å². The second-order valence-electron chi connectivity index (χ2n) is 41.5. The number of carbonyl (C=O) groups excluding carboxylic acids is 2. The van der Waals surface area contributed by atoms with Gasteiger partial charge in [-0.05, 0) is 323 Å². The zero-order valence-electron chi connectivity index (χ0n) is 95.1. The van der Waals surface area contributed by atoms with Gasteiger partial charge >= 0.3 is 49.4 Å². The summed E-state index contributed by atoms with van der Waals surface area (Å²) in [4.78, 5) is 40.6. The summed E-state index contributed by atoms with van der Waals surface area (Å²) in [5, 5.41) is 74.3. The molecule has 0 aliphatic heterocycles. The molecule has 2 amide bonds. The molecule has 0 saturated carbocycles. The van der Waals surface area contributed by atoms with Gasteiger partial charge in [0.2, 0.25) is 11.8 Å². The Labute approximate surface area is 941 Å². The normalized spacial score (nSPS) is 13.0. The Morgan fingerprint density at radius 3 is 0.726 bits per heavy atom. The number of nitrogens with one attached hydrogen (secondary N) is 8. The third-order valence-corrected chi connectivity index (χ3v) is 27.2. The number of guanidine groups is 2. The Morgan fingerprint density at radius 1 is 0.301 bits per heavy atom. The van der Waals surface area contributed by atoms with E-state index < -0.39 is 24.4 Å². The van der Waals surface area contributed by atoms with Crippen LogP contribution in [0.4, 0.5) is 0 Å².